The van der Waals surface area contributed by atoms with Crippen LogP contribution in [0.2, 0.25) is 5.02 Å². The molecule has 1 saturated heterocycles. The van der Waals surface area contributed by atoms with Crippen LogP contribution >= 0.6 is 23.4 Å². The predicted molar refractivity (Wildman–Crippen MR) is 85.4 cm³/mol. The highest BCUT2D eigenvalue weighted by molar-refractivity contribution is 8.00. The van der Waals surface area contributed by atoms with Crippen molar-refractivity contribution < 1.29 is 4.79 Å². The first-order valence-corrected chi connectivity index (χ1v) is 8.25. The van der Waals surface area contributed by atoms with Crippen molar-refractivity contribution in [3.63, 3.8) is 0 Å². The highest BCUT2D eigenvalue weighted by Crippen LogP contribution is 2.31. The van der Waals surface area contributed by atoms with Gasteiger partial charge in [0.15, 0.2) is 0 Å². The van der Waals surface area contributed by atoms with Gasteiger partial charge in [-0.25, -0.2) is 0 Å². The van der Waals surface area contributed by atoms with Crippen LogP contribution in [0.1, 0.15) is 19.8 Å². The predicted octanol–water partition coefficient (Wildman–Crippen LogP) is 3.03. The Kier molecular flexibility index (Phi) is 5.75. The largest absolute Gasteiger partial charge is 0.340 e. The van der Waals surface area contributed by atoms with Crippen molar-refractivity contribution in [2.24, 2.45) is 0 Å². The number of nitrogens with zero attached hydrogens (tertiary/aromatic N) is 1. The molecule has 2 rings (SSSR count). The van der Waals surface area contributed by atoms with Crippen LogP contribution in [-0.4, -0.2) is 42.2 Å². The zero-order valence-corrected chi connectivity index (χ0v) is 13.5. The van der Waals surface area contributed by atoms with Crippen LogP contribution in [0.15, 0.2) is 29.2 Å². The minimum Gasteiger partial charge on any atom is -0.340 e. The zero-order valence-electron chi connectivity index (χ0n) is 11.9. The number of carbonyl (C=O) groups is 1. The summed E-state index contributed by atoms with van der Waals surface area (Å²) in [5, 5.41) is 3.87. The summed E-state index contributed by atoms with van der Waals surface area (Å²) in [4.78, 5) is 15.5. The summed E-state index contributed by atoms with van der Waals surface area (Å²) in [6.45, 7) is 3.63. The highest BCUT2D eigenvalue weighted by Gasteiger charge is 2.26. The van der Waals surface area contributed by atoms with Gasteiger partial charge in [-0.1, -0.05) is 23.7 Å². The first kappa shape index (κ1) is 15.7. The molecule has 110 valence electrons. The molecule has 1 aliphatic rings. The molecular formula is C15H21ClN2OS. The van der Waals surface area contributed by atoms with Crippen LogP contribution in [0, 0.1) is 0 Å². The SMILES string of the molecule is CNC1CCCN(C(=O)C(C)Sc2ccccc2Cl)C1. The summed E-state index contributed by atoms with van der Waals surface area (Å²) in [6, 6.07) is 8.09. The fraction of sp³-hybridized carbons (Fsp3) is 0.533. The molecule has 1 fully saturated rings. The molecule has 2 atom stereocenters. The van der Waals surface area contributed by atoms with Gasteiger partial charge in [-0.05, 0) is 38.9 Å². The fourth-order valence-corrected chi connectivity index (χ4v) is 3.69. The van der Waals surface area contributed by atoms with Gasteiger partial charge in [0.2, 0.25) is 5.91 Å². The van der Waals surface area contributed by atoms with Gasteiger partial charge in [0, 0.05) is 24.0 Å². The summed E-state index contributed by atoms with van der Waals surface area (Å²) in [5.41, 5.74) is 0. The van der Waals surface area contributed by atoms with Gasteiger partial charge < -0.3 is 10.2 Å². The molecule has 0 spiro atoms. The van der Waals surface area contributed by atoms with Crippen molar-refractivity contribution >= 4 is 29.3 Å². The monoisotopic (exact) mass is 312 g/mol. The van der Waals surface area contributed by atoms with E-state index in [0.29, 0.717) is 11.1 Å². The number of nitrogens with one attached hydrogen (secondary N) is 1. The van der Waals surface area contributed by atoms with Crippen molar-refractivity contribution in [1.29, 1.82) is 0 Å². The number of likely N-dealkylation sites (tertiary alicyclic amines) is 1. The standard InChI is InChI=1S/C15H21ClN2OS/c1-11(20-14-8-4-3-7-13(14)16)15(19)18-9-5-6-12(10-18)17-2/h3-4,7-8,11-12,17H,5-6,9-10H2,1-2H3. The number of thioether (sulfide) groups is 1. The topological polar surface area (TPSA) is 32.3 Å². The Morgan fingerprint density at radius 3 is 2.95 bits per heavy atom. The van der Waals surface area contributed by atoms with E-state index in [9.17, 15) is 4.79 Å². The number of piperidine rings is 1. The van der Waals surface area contributed by atoms with Gasteiger partial charge in [-0.2, -0.15) is 0 Å². The van der Waals surface area contributed by atoms with Crippen LogP contribution in [-0.2, 0) is 4.79 Å². The molecule has 0 aromatic heterocycles. The summed E-state index contributed by atoms with van der Waals surface area (Å²) in [6.07, 6.45) is 2.22. The molecule has 2 unspecified atom stereocenters. The Morgan fingerprint density at radius 1 is 1.50 bits per heavy atom. The first-order chi connectivity index (χ1) is 9.61. The van der Waals surface area contributed by atoms with E-state index in [1.807, 2.05) is 43.1 Å². The third kappa shape index (κ3) is 3.90. The normalized spacial score (nSPS) is 20.8. The molecule has 1 heterocycles. The van der Waals surface area contributed by atoms with E-state index in [2.05, 4.69) is 5.32 Å². The smallest absolute Gasteiger partial charge is 0.235 e. The molecule has 20 heavy (non-hydrogen) atoms. The van der Waals surface area contributed by atoms with Crippen LogP contribution in [0.4, 0.5) is 0 Å². The Balaban J connectivity index is 1.96. The van der Waals surface area contributed by atoms with E-state index >= 15 is 0 Å². The average Bonchev–Trinajstić information content (AvgIpc) is 2.48. The average molecular weight is 313 g/mol. The number of carbonyl (C=O) groups excluding carboxylic acids is 1. The summed E-state index contributed by atoms with van der Waals surface area (Å²) >= 11 is 7.69. The number of hydrogen-bond acceptors (Lipinski definition) is 3. The molecule has 0 bridgehead atoms. The molecule has 1 aromatic rings. The van der Waals surface area contributed by atoms with Crippen molar-refractivity contribution in [2.75, 3.05) is 20.1 Å². The minimum absolute atomic E-state index is 0.106. The van der Waals surface area contributed by atoms with Crippen molar-refractivity contribution in [1.82, 2.24) is 10.2 Å². The molecule has 1 amide bonds. The van der Waals surface area contributed by atoms with Crippen LogP contribution in [0.25, 0.3) is 0 Å². The lowest BCUT2D eigenvalue weighted by atomic mass is 10.1. The van der Waals surface area contributed by atoms with E-state index in [1.54, 1.807) is 0 Å². The van der Waals surface area contributed by atoms with Crippen molar-refractivity contribution in [2.45, 2.75) is 36.0 Å². The Hall–Kier alpha value is -0.710. The fourth-order valence-electron chi connectivity index (χ4n) is 2.45. The van der Waals surface area contributed by atoms with E-state index in [-0.39, 0.29) is 11.2 Å². The number of hydrogen-bond donors (Lipinski definition) is 1. The van der Waals surface area contributed by atoms with Gasteiger partial charge >= 0.3 is 0 Å². The van der Waals surface area contributed by atoms with Gasteiger partial charge in [-0.15, -0.1) is 11.8 Å². The zero-order chi connectivity index (χ0) is 14.5. The van der Waals surface area contributed by atoms with E-state index < -0.39 is 0 Å². The van der Waals surface area contributed by atoms with Crippen LogP contribution in [0.5, 0.6) is 0 Å². The van der Waals surface area contributed by atoms with Crippen LogP contribution < -0.4 is 5.32 Å². The Bertz CT molecular complexity index is 469. The molecule has 0 radical (unpaired) electrons. The summed E-state index contributed by atoms with van der Waals surface area (Å²) in [5.74, 6) is 0.204. The molecule has 3 nitrogen and oxygen atoms in total. The lowest BCUT2D eigenvalue weighted by Gasteiger charge is -2.34. The van der Waals surface area contributed by atoms with Gasteiger partial charge in [0.25, 0.3) is 0 Å². The maximum atomic E-state index is 12.5. The molecule has 0 saturated carbocycles. The molecule has 5 heteroatoms. The van der Waals surface area contributed by atoms with Crippen molar-refractivity contribution in [3.05, 3.63) is 29.3 Å². The van der Waals surface area contributed by atoms with Gasteiger partial charge in [-0.3, -0.25) is 4.79 Å². The van der Waals surface area contributed by atoms with E-state index in [4.69, 9.17) is 11.6 Å². The Labute approximate surface area is 130 Å². The van der Waals surface area contributed by atoms with Crippen molar-refractivity contribution in [3.8, 4) is 0 Å². The van der Waals surface area contributed by atoms with E-state index in [0.717, 1.165) is 30.8 Å². The third-order valence-corrected chi connectivity index (χ3v) is 5.24. The van der Waals surface area contributed by atoms with Gasteiger partial charge in [0.1, 0.15) is 0 Å². The molecular weight excluding hydrogens is 292 g/mol. The number of amides is 1. The first-order valence-electron chi connectivity index (χ1n) is 6.99. The molecule has 1 N–H and O–H groups in total. The maximum Gasteiger partial charge on any atom is 0.235 e. The highest BCUT2D eigenvalue weighted by atomic mass is 35.5. The number of rotatable bonds is 4. The molecule has 0 aliphatic carbocycles. The van der Waals surface area contributed by atoms with Gasteiger partial charge in [0.05, 0.1) is 10.3 Å². The second kappa shape index (κ2) is 7.34. The Morgan fingerprint density at radius 2 is 2.25 bits per heavy atom. The lowest BCUT2D eigenvalue weighted by Crippen LogP contribution is -2.49. The van der Waals surface area contributed by atoms with E-state index in [1.165, 1.54) is 11.8 Å². The molecule has 1 aliphatic heterocycles. The number of likely N-dealkylation sites (N-methyl/N-ethyl adjacent to an activating group) is 1. The minimum atomic E-state index is -0.106. The third-order valence-electron chi connectivity index (χ3n) is 3.63. The second-order valence-corrected chi connectivity index (χ2v) is 6.89. The second-order valence-electron chi connectivity index (χ2n) is 5.10. The maximum absolute atomic E-state index is 12.5. The quantitative estimate of drug-likeness (QED) is 0.867. The summed E-state index contributed by atoms with van der Waals surface area (Å²) < 4.78 is 0. The number of benzene rings is 1. The summed E-state index contributed by atoms with van der Waals surface area (Å²) in [7, 11) is 1.96. The lowest BCUT2D eigenvalue weighted by molar-refractivity contribution is -0.131. The van der Waals surface area contributed by atoms with Crippen LogP contribution in [0.3, 0.4) is 0 Å². The number of halogens is 1. The molecule has 1 aromatic carbocycles.